The number of nitrogens with zero attached hydrogens (tertiary/aromatic N) is 1. The summed E-state index contributed by atoms with van der Waals surface area (Å²) in [6.07, 6.45) is 6.01. The average Bonchev–Trinajstić information content (AvgIpc) is 2.31. The molecule has 0 aromatic carbocycles. The van der Waals surface area contributed by atoms with Gasteiger partial charge in [0.1, 0.15) is 0 Å². The van der Waals surface area contributed by atoms with Gasteiger partial charge in [-0.3, -0.25) is 4.90 Å². The first-order valence-electron chi connectivity index (χ1n) is 6.35. The van der Waals surface area contributed by atoms with E-state index in [0.717, 1.165) is 19.7 Å². The zero-order chi connectivity index (χ0) is 11.8. The van der Waals surface area contributed by atoms with Crippen LogP contribution in [0.2, 0.25) is 0 Å². The minimum Gasteiger partial charge on any atom is -0.380 e. The SMILES string of the molecule is COCC1=CCN(CCCC(C)CN)CC1. The fraction of sp³-hybridized carbons (Fsp3) is 0.846. The smallest absolute Gasteiger partial charge is 0.0673 e. The summed E-state index contributed by atoms with van der Waals surface area (Å²) < 4.78 is 5.14. The van der Waals surface area contributed by atoms with Crippen molar-refractivity contribution in [1.82, 2.24) is 4.90 Å². The second kappa shape index (κ2) is 7.82. The van der Waals surface area contributed by atoms with Crippen LogP contribution in [0, 0.1) is 5.92 Å². The predicted molar refractivity (Wildman–Crippen MR) is 68.5 cm³/mol. The van der Waals surface area contributed by atoms with Crippen LogP contribution in [0.5, 0.6) is 0 Å². The highest BCUT2D eigenvalue weighted by atomic mass is 16.5. The van der Waals surface area contributed by atoms with Crippen LogP contribution in [-0.2, 0) is 4.74 Å². The van der Waals surface area contributed by atoms with E-state index in [-0.39, 0.29) is 0 Å². The lowest BCUT2D eigenvalue weighted by atomic mass is 10.0. The number of ether oxygens (including phenoxy) is 1. The van der Waals surface area contributed by atoms with Gasteiger partial charge in [0.15, 0.2) is 0 Å². The predicted octanol–water partition coefficient (Wildman–Crippen LogP) is 1.64. The summed E-state index contributed by atoms with van der Waals surface area (Å²) >= 11 is 0. The van der Waals surface area contributed by atoms with Gasteiger partial charge in [-0.05, 0) is 43.8 Å². The molecule has 3 nitrogen and oxygen atoms in total. The van der Waals surface area contributed by atoms with Crippen molar-refractivity contribution in [3.63, 3.8) is 0 Å². The highest BCUT2D eigenvalue weighted by Crippen LogP contribution is 2.12. The minimum atomic E-state index is 0.671. The van der Waals surface area contributed by atoms with Crippen LogP contribution in [0.1, 0.15) is 26.2 Å². The Bertz CT molecular complexity index is 216. The summed E-state index contributed by atoms with van der Waals surface area (Å²) in [5.41, 5.74) is 7.06. The van der Waals surface area contributed by atoms with Crippen LogP contribution in [0.15, 0.2) is 11.6 Å². The van der Waals surface area contributed by atoms with E-state index in [1.807, 2.05) is 0 Å². The molecule has 0 aliphatic carbocycles. The topological polar surface area (TPSA) is 38.5 Å². The summed E-state index contributed by atoms with van der Waals surface area (Å²) in [6, 6.07) is 0. The maximum Gasteiger partial charge on any atom is 0.0673 e. The molecule has 1 atom stereocenters. The van der Waals surface area contributed by atoms with Crippen molar-refractivity contribution in [2.75, 3.05) is 39.9 Å². The van der Waals surface area contributed by atoms with Crippen LogP contribution in [0.4, 0.5) is 0 Å². The van der Waals surface area contributed by atoms with Gasteiger partial charge >= 0.3 is 0 Å². The maximum atomic E-state index is 5.61. The van der Waals surface area contributed by atoms with Crippen LogP contribution < -0.4 is 5.73 Å². The lowest BCUT2D eigenvalue weighted by Crippen LogP contribution is -2.30. The molecule has 3 heteroatoms. The van der Waals surface area contributed by atoms with Crippen molar-refractivity contribution in [2.45, 2.75) is 26.2 Å². The Hall–Kier alpha value is -0.380. The van der Waals surface area contributed by atoms with Gasteiger partial charge in [0, 0.05) is 20.2 Å². The fourth-order valence-electron chi connectivity index (χ4n) is 2.05. The molecule has 0 spiro atoms. The molecule has 16 heavy (non-hydrogen) atoms. The molecular formula is C13H26N2O. The van der Waals surface area contributed by atoms with E-state index >= 15 is 0 Å². The van der Waals surface area contributed by atoms with E-state index < -0.39 is 0 Å². The molecular weight excluding hydrogens is 200 g/mol. The van der Waals surface area contributed by atoms with E-state index in [4.69, 9.17) is 10.5 Å². The third-order valence-corrected chi connectivity index (χ3v) is 3.29. The first-order valence-corrected chi connectivity index (χ1v) is 6.35. The largest absolute Gasteiger partial charge is 0.380 e. The lowest BCUT2D eigenvalue weighted by molar-refractivity contribution is 0.210. The first kappa shape index (κ1) is 13.7. The Labute approximate surface area is 99.6 Å². The Kier molecular flexibility index (Phi) is 6.69. The van der Waals surface area contributed by atoms with Crippen LogP contribution in [0.3, 0.4) is 0 Å². The molecule has 1 heterocycles. The number of hydrogen-bond donors (Lipinski definition) is 1. The van der Waals surface area contributed by atoms with Crippen LogP contribution in [-0.4, -0.2) is 44.8 Å². The minimum absolute atomic E-state index is 0.671. The lowest BCUT2D eigenvalue weighted by Gasteiger charge is -2.26. The van der Waals surface area contributed by atoms with Gasteiger partial charge in [0.25, 0.3) is 0 Å². The highest BCUT2D eigenvalue weighted by Gasteiger charge is 2.11. The molecule has 0 amide bonds. The van der Waals surface area contributed by atoms with Crippen molar-refractivity contribution in [2.24, 2.45) is 11.7 Å². The highest BCUT2D eigenvalue weighted by molar-refractivity contribution is 5.07. The number of rotatable bonds is 7. The molecule has 0 saturated heterocycles. The maximum absolute atomic E-state index is 5.61. The van der Waals surface area contributed by atoms with E-state index in [1.54, 1.807) is 7.11 Å². The van der Waals surface area contributed by atoms with Gasteiger partial charge in [-0.1, -0.05) is 13.0 Å². The first-order chi connectivity index (χ1) is 7.76. The van der Waals surface area contributed by atoms with Gasteiger partial charge in [-0.2, -0.15) is 0 Å². The zero-order valence-electron chi connectivity index (χ0n) is 10.7. The van der Waals surface area contributed by atoms with Crippen molar-refractivity contribution in [3.8, 4) is 0 Å². The number of methoxy groups -OCH3 is 1. The van der Waals surface area contributed by atoms with E-state index in [0.29, 0.717) is 5.92 Å². The summed E-state index contributed by atoms with van der Waals surface area (Å²) in [4.78, 5) is 2.52. The number of nitrogens with two attached hydrogens (primary N) is 1. The quantitative estimate of drug-likeness (QED) is 0.671. The van der Waals surface area contributed by atoms with Crippen LogP contribution >= 0.6 is 0 Å². The molecule has 1 rings (SSSR count). The molecule has 1 aliphatic rings. The molecule has 0 radical (unpaired) electrons. The Morgan fingerprint density at radius 3 is 2.94 bits per heavy atom. The molecule has 1 aliphatic heterocycles. The van der Waals surface area contributed by atoms with Crippen molar-refractivity contribution < 1.29 is 4.74 Å². The van der Waals surface area contributed by atoms with Crippen molar-refractivity contribution in [1.29, 1.82) is 0 Å². The third kappa shape index (κ3) is 5.10. The van der Waals surface area contributed by atoms with Gasteiger partial charge in [-0.25, -0.2) is 0 Å². The molecule has 2 N–H and O–H groups in total. The second-order valence-electron chi connectivity index (χ2n) is 4.83. The van der Waals surface area contributed by atoms with Gasteiger partial charge in [0.05, 0.1) is 6.61 Å². The molecule has 94 valence electrons. The standard InChI is InChI=1S/C13H26N2O/c1-12(10-14)4-3-7-15-8-5-13(6-9-15)11-16-2/h5,12H,3-4,6-11,14H2,1-2H3. The zero-order valence-corrected chi connectivity index (χ0v) is 10.7. The molecule has 1 unspecified atom stereocenters. The third-order valence-electron chi connectivity index (χ3n) is 3.29. The molecule has 0 bridgehead atoms. The Balaban J connectivity index is 2.12. The summed E-state index contributed by atoms with van der Waals surface area (Å²) in [6.45, 7) is 7.34. The molecule has 0 aromatic rings. The molecule has 0 saturated carbocycles. The van der Waals surface area contributed by atoms with Gasteiger partial charge < -0.3 is 10.5 Å². The Morgan fingerprint density at radius 1 is 1.56 bits per heavy atom. The van der Waals surface area contributed by atoms with Gasteiger partial charge in [0.2, 0.25) is 0 Å². The number of hydrogen-bond acceptors (Lipinski definition) is 3. The van der Waals surface area contributed by atoms with E-state index in [2.05, 4.69) is 17.9 Å². The van der Waals surface area contributed by atoms with Gasteiger partial charge in [-0.15, -0.1) is 0 Å². The molecule has 0 fully saturated rings. The molecule has 0 aromatic heterocycles. The monoisotopic (exact) mass is 226 g/mol. The Morgan fingerprint density at radius 2 is 2.38 bits per heavy atom. The van der Waals surface area contributed by atoms with Crippen molar-refractivity contribution in [3.05, 3.63) is 11.6 Å². The van der Waals surface area contributed by atoms with Crippen LogP contribution in [0.25, 0.3) is 0 Å². The average molecular weight is 226 g/mol. The second-order valence-corrected chi connectivity index (χ2v) is 4.83. The summed E-state index contributed by atoms with van der Waals surface area (Å²) in [5, 5.41) is 0. The summed E-state index contributed by atoms with van der Waals surface area (Å²) in [7, 11) is 1.77. The van der Waals surface area contributed by atoms with E-state index in [9.17, 15) is 0 Å². The fourth-order valence-corrected chi connectivity index (χ4v) is 2.05. The van der Waals surface area contributed by atoms with Crippen molar-refractivity contribution >= 4 is 0 Å². The normalized spacial score (nSPS) is 19.6. The summed E-state index contributed by atoms with van der Waals surface area (Å²) in [5.74, 6) is 0.671. The van der Waals surface area contributed by atoms with E-state index in [1.165, 1.54) is 37.9 Å².